The van der Waals surface area contributed by atoms with Crippen molar-refractivity contribution in [3.63, 3.8) is 0 Å². The first-order chi connectivity index (χ1) is 29.3. The average Bonchev–Trinajstić information content (AvgIpc) is 3.86. The molecule has 352 valence electrons. The number of esters is 1. The zero-order chi connectivity index (χ0) is 47.3. The third-order valence-corrected chi connectivity index (χ3v) is 9.84. The first-order valence-electron chi connectivity index (χ1n) is 21.5. The first-order valence-corrected chi connectivity index (χ1v) is 21.5. The van der Waals surface area contributed by atoms with Gasteiger partial charge in [0.05, 0.1) is 13.5 Å². The van der Waals surface area contributed by atoms with Crippen LogP contribution in [0.2, 0.25) is 0 Å². The molecule has 0 unspecified atom stereocenters. The maximum absolute atomic E-state index is 14.4. The number of hydrogen-bond acceptors (Lipinski definition) is 12. The maximum atomic E-state index is 14.4. The zero-order valence-electron chi connectivity index (χ0n) is 38.4. The Morgan fingerprint density at radius 3 is 1.68 bits per heavy atom. The molecule has 0 bridgehead atoms. The van der Waals surface area contributed by atoms with Crippen LogP contribution in [-0.4, -0.2) is 136 Å². The normalized spacial score (nSPS) is 18.0. The van der Waals surface area contributed by atoms with Crippen molar-refractivity contribution >= 4 is 47.8 Å². The Bertz CT molecular complexity index is 1780. The Hall–Kier alpha value is -5.62. The van der Waals surface area contributed by atoms with Gasteiger partial charge >= 0.3 is 24.1 Å². The molecule has 2 aliphatic heterocycles. The van der Waals surface area contributed by atoms with Crippen LogP contribution in [0.15, 0.2) is 24.3 Å². The fraction of sp³-hybridized carbons (Fsp3) is 0.682. The van der Waals surface area contributed by atoms with Gasteiger partial charge in [0.2, 0.25) is 23.6 Å². The van der Waals surface area contributed by atoms with Crippen LogP contribution in [0.4, 0.5) is 9.59 Å². The molecule has 2 fully saturated rings. The van der Waals surface area contributed by atoms with Crippen LogP contribution in [0, 0.1) is 0 Å². The summed E-state index contributed by atoms with van der Waals surface area (Å²) in [5, 5.41) is 20.1. The minimum absolute atomic E-state index is 0.0859. The number of rotatable bonds is 18. The number of hydrogen-bond donors (Lipinski definition) is 5. The van der Waals surface area contributed by atoms with Gasteiger partial charge in [0.1, 0.15) is 52.8 Å². The number of benzene rings is 1. The van der Waals surface area contributed by atoms with Crippen LogP contribution < -0.4 is 26.0 Å². The summed E-state index contributed by atoms with van der Waals surface area (Å²) < 4.78 is 21.4. The highest BCUT2D eigenvalue weighted by molar-refractivity contribution is 5.97. The van der Waals surface area contributed by atoms with Crippen LogP contribution in [0.3, 0.4) is 0 Å². The molecule has 1 aromatic rings. The predicted octanol–water partition coefficient (Wildman–Crippen LogP) is 3.59. The number of carbonyl (C=O) groups excluding carboxylic acids is 7. The molecule has 6 amide bonds. The summed E-state index contributed by atoms with van der Waals surface area (Å²) in [6.45, 7) is 16.3. The Kier molecular flexibility index (Phi) is 18.6. The summed E-state index contributed by atoms with van der Waals surface area (Å²) in [6, 6.07) is 1.22. The van der Waals surface area contributed by atoms with Gasteiger partial charge in [-0.05, 0) is 125 Å². The highest BCUT2D eigenvalue weighted by Gasteiger charge is 2.42. The highest BCUT2D eigenvalue weighted by Crippen LogP contribution is 2.24. The lowest BCUT2D eigenvalue weighted by Gasteiger charge is -2.32. The second-order valence-electron chi connectivity index (χ2n) is 18.8. The topological polar surface area (TPSA) is 248 Å². The van der Waals surface area contributed by atoms with E-state index in [0.717, 1.165) is 5.56 Å². The van der Waals surface area contributed by atoms with Gasteiger partial charge in [-0.3, -0.25) is 24.0 Å². The van der Waals surface area contributed by atoms with Gasteiger partial charge in [0, 0.05) is 26.1 Å². The lowest BCUT2D eigenvalue weighted by molar-refractivity contribution is -0.147. The van der Waals surface area contributed by atoms with E-state index in [0.29, 0.717) is 31.4 Å². The molecular weight excluding hydrogens is 821 g/mol. The van der Waals surface area contributed by atoms with Crippen LogP contribution >= 0.6 is 0 Å². The first kappa shape index (κ1) is 51.7. The van der Waals surface area contributed by atoms with Crippen LogP contribution in [0.25, 0.3) is 0 Å². The number of carboxylic acid groups (broad SMARTS) is 1. The zero-order valence-corrected chi connectivity index (χ0v) is 38.4. The van der Waals surface area contributed by atoms with E-state index in [1.165, 1.54) is 16.9 Å². The number of carboxylic acids is 1. The second kappa shape index (κ2) is 22.6. The quantitative estimate of drug-likeness (QED) is 0.0805. The SMILES string of the molecule is COC(=O)[C@H](Cc1ccc(OC(C)(C)C)cc1)NC(=O)[C@H]1CCCN1C(=O)[C@@H](CCCCNC(=O)OC(C)(C)C)NC(=O)[C@@H]1CCCN1C(=O)[C@H](CC(=O)O)NC(=O)OC(C)(C)C. The average molecular weight is 889 g/mol. The van der Waals surface area contributed by atoms with E-state index < -0.39 is 101 Å². The van der Waals surface area contributed by atoms with E-state index in [2.05, 4.69) is 21.3 Å². The number of methoxy groups -OCH3 is 1. The number of nitrogens with zero attached hydrogens (tertiary/aromatic N) is 2. The van der Waals surface area contributed by atoms with Crippen molar-refractivity contribution in [3.05, 3.63) is 29.8 Å². The molecule has 0 aromatic heterocycles. The van der Waals surface area contributed by atoms with Crippen molar-refractivity contribution in [3.8, 4) is 5.75 Å². The minimum atomic E-state index is -1.54. The smallest absolute Gasteiger partial charge is 0.408 e. The molecule has 2 heterocycles. The second-order valence-corrected chi connectivity index (χ2v) is 18.8. The molecule has 2 aliphatic rings. The molecule has 19 heteroatoms. The molecule has 5 N–H and O–H groups in total. The van der Waals surface area contributed by atoms with Gasteiger partial charge in [-0.25, -0.2) is 14.4 Å². The van der Waals surface area contributed by atoms with E-state index in [-0.39, 0.29) is 45.3 Å². The van der Waals surface area contributed by atoms with Gasteiger partial charge in [0.15, 0.2) is 0 Å². The van der Waals surface area contributed by atoms with Gasteiger partial charge in [0.25, 0.3) is 0 Å². The molecule has 3 rings (SSSR count). The lowest BCUT2D eigenvalue weighted by atomic mass is 10.0. The Labute approximate surface area is 370 Å². The summed E-state index contributed by atoms with van der Waals surface area (Å²) in [4.78, 5) is 108. The number of aliphatic carboxylic acids is 1. The van der Waals surface area contributed by atoms with E-state index >= 15 is 0 Å². The van der Waals surface area contributed by atoms with E-state index in [1.54, 1.807) is 65.8 Å². The minimum Gasteiger partial charge on any atom is -0.488 e. The van der Waals surface area contributed by atoms with Crippen LogP contribution in [0.5, 0.6) is 5.75 Å². The largest absolute Gasteiger partial charge is 0.488 e. The number of nitrogens with one attached hydrogen (secondary N) is 4. The lowest BCUT2D eigenvalue weighted by Crippen LogP contribution is -2.58. The number of alkyl carbamates (subject to hydrolysis) is 2. The molecular formula is C44H68N6O13. The van der Waals surface area contributed by atoms with Crippen molar-refractivity contribution in [2.24, 2.45) is 0 Å². The van der Waals surface area contributed by atoms with Gasteiger partial charge in [-0.1, -0.05) is 12.1 Å². The van der Waals surface area contributed by atoms with E-state index in [1.807, 2.05) is 20.8 Å². The molecule has 0 spiro atoms. The fourth-order valence-corrected chi connectivity index (χ4v) is 7.22. The van der Waals surface area contributed by atoms with E-state index in [4.69, 9.17) is 18.9 Å². The fourth-order valence-electron chi connectivity index (χ4n) is 7.22. The van der Waals surface area contributed by atoms with Crippen LogP contribution in [0.1, 0.15) is 119 Å². The maximum Gasteiger partial charge on any atom is 0.408 e. The third kappa shape index (κ3) is 17.6. The Morgan fingerprint density at radius 1 is 0.683 bits per heavy atom. The summed E-state index contributed by atoms with van der Waals surface area (Å²) in [5.41, 5.74) is -1.33. The molecule has 19 nitrogen and oxygen atoms in total. The van der Waals surface area contributed by atoms with Crippen molar-refractivity contribution < 1.29 is 62.4 Å². The van der Waals surface area contributed by atoms with Gasteiger partial charge < -0.3 is 55.1 Å². The van der Waals surface area contributed by atoms with E-state index in [9.17, 15) is 43.5 Å². The summed E-state index contributed by atoms with van der Waals surface area (Å²) in [6.07, 6.45) is -0.130. The van der Waals surface area contributed by atoms with Crippen LogP contribution in [-0.2, 0) is 49.4 Å². The monoisotopic (exact) mass is 888 g/mol. The van der Waals surface area contributed by atoms with Gasteiger partial charge in [-0.15, -0.1) is 0 Å². The number of carbonyl (C=O) groups is 8. The van der Waals surface area contributed by atoms with Crippen molar-refractivity contribution in [2.45, 2.75) is 167 Å². The molecule has 0 saturated carbocycles. The number of amides is 6. The molecule has 5 atom stereocenters. The summed E-state index contributed by atoms with van der Waals surface area (Å²) in [7, 11) is 1.21. The van der Waals surface area contributed by atoms with Crippen molar-refractivity contribution in [2.75, 3.05) is 26.7 Å². The number of ether oxygens (including phenoxy) is 4. The molecule has 63 heavy (non-hydrogen) atoms. The number of unbranched alkanes of at least 4 members (excludes halogenated alkanes) is 1. The predicted molar refractivity (Wildman–Crippen MR) is 229 cm³/mol. The number of likely N-dealkylation sites (tertiary alicyclic amines) is 2. The standard InChI is InChI=1S/C44H68N6O13/c1-42(2,3)61-28-20-18-27(19-21-28)25-31(39(57)60-10)47-36(54)33-17-13-23-49(33)37(55)29(15-11-12-22-45-40(58)62-43(4,5)6)46-35(53)32-16-14-24-50(32)38(56)30(26-34(51)52)48-41(59)63-44(7,8)9/h18-21,29-33H,11-17,22-26H2,1-10H3,(H,45,58)(H,46,53)(H,47,54)(H,48,59)(H,51,52)/t29-,30+,31+,32+,33-/m1/s1. The molecule has 0 aliphatic carbocycles. The van der Waals surface area contributed by atoms with Gasteiger partial charge in [-0.2, -0.15) is 0 Å². The van der Waals surface area contributed by atoms with Crippen molar-refractivity contribution in [1.29, 1.82) is 0 Å². The summed E-state index contributed by atoms with van der Waals surface area (Å²) in [5.74, 6) is -4.02. The van der Waals surface area contributed by atoms with Crippen molar-refractivity contribution in [1.82, 2.24) is 31.1 Å². The Morgan fingerprint density at radius 2 is 1.19 bits per heavy atom. The Balaban J connectivity index is 1.81. The molecule has 0 radical (unpaired) electrons. The third-order valence-electron chi connectivity index (χ3n) is 9.84. The molecule has 1 aromatic carbocycles. The summed E-state index contributed by atoms with van der Waals surface area (Å²) >= 11 is 0. The highest BCUT2D eigenvalue weighted by atomic mass is 16.6. The molecule has 2 saturated heterocycles.